The summed E-state index contributed by atoms with van der Waals surface area (Å²) >= 11 is 5.31. The summed E-state index contributed by atoms with van der Waals surface area (Å²) in [6.07, 6.45) is 0. The molecule has 0 spiro atoms. The number of benzene rings is 1. The van der Waals surface area contributed by atoms with Crippen molar-refractivity contribution in [3.05, 3.63) is 24.3 Å². The molecule has 0 aliphatic carbocycles. The quantitative estimate of drug-likeness (QED) is 0.657. The molecule has 1 aromatic rings. The zero-order chi connectivity index (χ0) is 12.4. The Morgan fingerprint density at radius 1 is 1.06 bits per heavy atom. The van der Waals surface area contributed by atoms with Crippen LogP contribution in [0.3, 0.4) is 0 Å². The van der Waals surface area contributed by atoms with Crippen LogP contribution in [0.25, 0.3) is 0 Å². The minimum absolute atomic E-state index is 0.151. The van der Waals surface area contributed by atoms with Crippen LogP contribution in [-0.4, -0.2) is 33.0 Å². The molecule has 0 amide bonds. The van der Waals surface area contributed by atoms with Gasteiger partial charge in [0.25, 0.3) is 10.1 Å². The van der Waals surface area contributed by atoms with Crippen molar-refractivity contribution in [2.24, 2.45) is 0 Å². The minimum Gasteiger partial charge on any atom is -0.282 e. The van der Waals surface area contributed by atoms with Crippen molar-refractivity contribution in [2.75, 3.05) is 11.6 Å². The Kier molecular flexibility index (Phi) is 3.95. The summed E-state index contributed by atoms with van der Waals surface area (Å²) in [5.41, 5.74) is 0. The van der Waals surface area contributed by atoms with Crippen molar-refractivity contribution in [3.8, 4) is 0 Å². The van der Waals surface area contributed by atoms with Crippen LogP contribution in [-0.2, 0) is 20.0 Å². The van der Waals surface area contributed by atoms with Crippen LogP contribution in [0.15, 0.2) is 34.1 Å². The van der Waals surface area contributed by atoms with Crippen LogP contribution in [0, 0.1) is 0 Å². The lowest BCUT2D eigenvalue weighted by Crippen LogP contribution is -2.13. The maximum Gasteiger partial charge on any atom is 0.295 e. The van der Waals surface area contributed by atoms with Crippen LogP contribution in [0.2, 0.25) is 0 Å². The standard InChI is InChI=1S/C8H9ClO5S2/c9-5-6-15(10,11)7-3-1-2-4-8(7)16(12,13)14/h1-4H,5-6H2,(H,12,13,14). The third kappa shape index (κ3) is 2.94. The summed E-state index contributed by atoms with van der Waals surface area (Å²) in [5, 5.41) is 0. The van der Waals surface area contributed by atoms with E-state index < -0.39 is 29.7 Å². The van der Waals surface area contributed by atoms with Gasteiger partial charge in [-0.05, 0) is 12.1 Å². The Bertz CT molecular complexity index is 576. The molecule has 0 aromatic heterocycles. The predicted molar refractivity (Wildman–Crippen MR) is 59.0 cm³/mol. The van der Waals surface area contributed by atoms with Gasteiger partial charge >= 0.3 is 0 Å². The molecule has 0 atom stereocenters. The van der Waals surface area contributed by atoms with E-state index in [0.29, 0.717) is 0 Å². The van der Waals surface area contributed by atoms with Crippen LogP contribution in [0.5, 0.6) is 0 Å². The van der Waals surface area contributed by atoms with E-state index in [9.17, 15) is 16.8 Å². The normalized spacial score (nSPS) is 12.6. The SMILES string of the molecule is O=S(=O)(O)c1ccccc1S(=O)(=O)CCCl. The van der Waals surface area contributed by atoms with Gasteiger partial charge in [-0.3, -0.25) is 4.55 Å². The Morgan fingerprint density at radius 3 is 2.00 bits per heavy atom. The van der Waals surface area contributed by atoms with Gasteiger partial charge in [-0.15, -0.1) is 11.6 Å². The molecule has 0 unspecified atom stereocenters. The smallest absolute Gasteiger partial charge is 0.282 e. The van der Waals surface area contributed by atoms with E-state index >= 15 is 0 Å². The molecular formula is C8H9ClO5S2. The third-order valence-electron chi connectivity index (χ3n) is 1.81. The molecule has 1 rings (SSSR count). The topological polar surface area (TPSA) is 88.5 Å². The van der Waals surface area contributed by atoms with Crippen molar-refractivity contribution >= 4 is 31.6 Å². The molecule has 0 fully saturated rings. The summed E-state index contributed by atoms with van der Waals surface area (Å²) < 4.78 is 54.1. The van der Waals surface area contributed by atoms with Crippen molar-refractivity contribution in [1.29, 1.82) is 0 Å². The number of alkyl halides is 1. The number of sulfone groups is 1. The summed E-state index contributed by atoms with van der Waals surface area (Å²) in [5.74, 6) is -0.538. The highest BCUT2D eigenvalue weighted by Gasteiger charge is 2.23. The summed E-state index contributed by atoms with van der Waals surface area (Å²) in [6, 6.07) is 4.83. The lowest BCUT2D eigenvalue weighted by atomic mass is 10.4. The van der Waals surface area contributed by atoms with Gasteiger partial charge in [0.15, 0.2) is 9.84 Å². The van der Waals surface area contributed by atoms with Crippen molar-refractivity contribution in [2.45, 2.75) is 9.79 Å². The second-order valence-electron chi connectivity index (χ2n) is 2.93. The highest BCUT2D eigenvalue weighted by Crippen LogP contribution is 2.21. The fourth-order valence-corrected chi connectivity index (χ4v) is 4.09. The van der Waals surface area contributed by atoms with Crippen molar-refractivity contribution < 1.29 is 21.4 Å². The van der Waals surface area contributed by atoms with Gasteiger partial charge in [0.1, 0.15) is 4.90 Å². The molecule has 90 valence electrons. The lowest BCUT2D eigenvalue weighted by Gasteiger charge is -2.06. The summed E-state index contributed by atoms with van der Waals surface area (Å²) in [7, 11) is -8.35. The number of hydrogen-bond acceptors (Lipinski definition) is 4. The zero-order valence-corrected chi connectivity index (χ0v) is 10.4. The molecule has 0 aliphatic rings. The number of halogens is 1. The molecule has 0 aliphatic heterocycles. The Morgan fingerprint density at radius 2 is 1.56 bits per heavy atom. The largest absolute Gasteiger partial charge is 0.295 e. The van der Waals surface area contributed by atoms with Crippen LogP contribution >= 0.6 is 11.6 Å². The molecule has 16 heavy (non-hydrogen) atoms. The number of hydrogen-bond donors (Lipinski definition) is 1. The van der Waals surface area contributed by atoms with Gasteiger partial charge in [0.05, 0.1) is 10.6 Å². The molecular weight excluding hydrogens is 276 g/mol. The molecule has 0 heterocycles. The molecule has 1 aromatic carbocycles. The highest BCUT2D eigenvalue weighted by atomic mass is 35.5. The van der Waals surface area contributed by atoms with Gasteiger partial charge in [-0.2, -0.15) is 8.42 Å². The predicted octanol–water partition coefficient (Wildman–Crippen LogP) is 0.946. The maximum atomic E-state index is 11.6. The lowest BCUT2D eigenvalue weighted by molar-refractivity contribution is 0.480. The van der Waals surface area contributed by atoms with Gasteiger partial charge in [0.2, 0.25) is 0 Å². The molecule has 8 heteroatoms. The fraction of sp³-hybridized carbons (Fsp3) is 0.250. The number of rotatable bonds is 4. The zero-order valence-electron chi connectivity index (χ0n) is 8.00. The Labute approximate surface area is 98.7 Å². The summed E-state index contributed by atoms with van der Waals surface area (Å²) in [6.45, 7) is 0. The van der Waals surface area contributed by atoms with Crippen LogP contribution in [0.1, 0.15) is 0 Å². The first-order valence-electron chi connectivity index (χ1n) is 4.14. The molecule has 0 radical (unpaired) electrons. The van der Waals surface area contributed by atoms with Gasteiger partial charge < -0.3 is 0 Å². The van der Waals surface area contributed by atoms with E-state index in [1.54, 1.807) is 0 Å². The maximum absolute atomic E-state index is 11.6. The minimum atomic E-state index is -4.56. The molecule has 0 saturated carbocycles. The second-order valence-corrected chi connectivity index (χ2v) is 6.78. The van der Waals surface area contributed by atoms with Gasteiger partial charge in [-0.1, -0.05) is 12.1 Å². The summed E-state index contributed by atoms with van der Waals surface area (Å²) in [4.78, 5) is -1.06. The van der Waals surface area contributed by atoms with E-state index in [1.807, 2.05) is 0 Å². The molecule has 0 bridgehead atoms. The van der Waals surface area contributed by atoms with Gasteiger partial charge in [-0.25, -0.2) is 8.42 Å². The Balaban J connectivity index is 3.48. The first-order valence-corrected chi connectivity index (χ1v) is 7.77. The highest BCUT2D eigenvalue weighted by molar-refractivity contribution is 7.92. The van der Waals surface area contributed by atoms with Crippen LogP contribution < -0.4 is 0 Å². The van der Waals surface area contributed by atoms with E-state index in [-0.39, 0.29) is 11.6 Å². The molecule has 1 N–H and O–H groups in total. The van der Waals surface area contributed by atoms with Gasteiger partial charge in [0, 0.05) is 5.88 Å². The van der Waals surface area contributed by atoms with E-state index in [0.717, 1.165) is 12.1 Å². The van der Waals surface area contributed by atoms with Crippen molar-refractivity contribution in [1.82, 2.24) is 0 Å². The van der Waals surface area contributed by atoms with Crippen LogP contribution in [0.4, 0.5) is 0 Å². The Hall–Kier alpha value is -0.630. The molecule has 5 nitrogen and oxygen atoms in total. The third-order valence-corrected chi connectivity index (χ3v) is 5.03. The molecule has 0 saturated heterocycles. The first-order chi connectivity index (χ1) is 7.29. The fourth-order valence-electron chi connectivity index (χ4n) is 1.13. The second kappa shape index (κ2) is 4.70. The van der Waals surface area contributed by atoms with E-state index in [1.165, 1.54) is 12.1 Å². The van der Waals surface area contributed by atoms with Crippen molar-refractivity contribution in [3.63, 3.8) is 0 Å². The first kappa shape index (κ1) is 13.4. The van der Waals surface area contributed by atoms with E-state index in [2.05, 4.69) is 0 Å². The monoisotopic (exact) mass is 284 g/mol. The van der Waals surface area contributed by atoms with E-state index in [4.69, 9.17) is 16.2 Å². The average molecular weight is 285 g/mol. The average Bonchev–Trinajstić information content (AvgIpc) is 2.16.